The highest BCUT2D eigenvalue weighted by Crippen LogP contribution is 2.29. The first kappa shape index (κ1) is 32.7. The Hall–Kier alpha value is -4.53. The van der Waals surface area contributed by atoms with E-state index in [1.54, 1.807) is 36.1 Å². The predicted molar refractivity (Wildman–Crippen MR) is 162 cm³/mol. The van der Waals surface area contributed by atoms with Crippen molar-refractivity contribution in [2.75, 3.05) is 13.7 Å². The zero-order valence-electron chi connectivity index (χ0n) is 24.7. The van der Waals surface area contributed by atoms with Gasteiger partial charge in [0.05, 0.1) is 19.0 Å². The molecule has 1 aliphatic heterocycles. The molecule has 218 valence electrons. The Morgan fingerprint density at radius 2 is 1.83 bits per heavy atom. The second-order valence-electron chi connectivity index (χ2n) is 9.47. The minimum atomic E-state index is -0.408. The van der Waals surface area contributed by atoms with E-state index in [-0.39, 0.29) is 17.8 Å². The Balaban J connectivity index is 0.00000287. The summed E-state index contributed by atoms with van der Waals surface area (Å²) < 4.78 is 18.8. The fourth-order valence-corrected chi connectivity index (χ4v) is 4.20. The average molecular weight is 562 g/mol. The number of fused-ring (bicyclic) bond motifs is 1. The van der Waals surface area contributed by atoms with Crippen LogP contribution in [0.1, 0.15) is 66.5 Å². The molecule has 0 saturated carbocycles. The van der Waals surface area contributed by atoms with Crippen LogP contribution >= 0.6 is 0 Å². The molecule has 0 radical (unpaired) electrons. The minimum Gasteiger partial charge on any atom is -0.496 e. The Bertz CT molecular complexity index is 1350. The zero-order valence-corrected chi connectivity index (χ0v) is 24.7. The first-order valence-corrected chi connectivity index (χ1v) is 13.5. The third kappa shape index (κ3) is 8.48. The zero-order chi connectivity index (χ0) is 30.7. The number of carbonyl (C=O) groups excluding carboxylic acids is 2. The van der Waals surface area contributed by atoms with Gasteiger partial charge in [0.25, 0.3) is 11.8 Å². The first-order chi connectivity index (χ1) is 19.5. The van der Waals surface area contributed by atoms with E-state index in [9.17, 15) is 14.0 Å². The normalized spacial score (nSPS) is 12.7. The van der Waals surface area contributed by atoms with Gasteiger partial charge in [-0.15, -0.1) is 0 Å². The van der Waals surface area contributed by atoms with Crippen molar-refractivity contribution in [1.29, 1.82) is 10.8 Å². The smallest absolute Gasteiger partial charge is 0.259 e. The number of nitrogens with zero attached hydrogens (tertiary/aromatic N) is 2. The molecule has 2 aromatic carbocycles. The van der Waals surface area contributed by atoms with Crippen molar-refractivity contribution in [3.63, 3.8) is 0 Å². The van der Waals surface area contributed by atoms with Crippen molar-refractivity contribution in [3.8, 4) is 5.75 Å². The summed E-state index contributed by atoms with van der Waals surface area (Å²) in [6.07, 6.45) is 6.73. The summed E-state index contributed by atoms with van der Waals surface area (Å²) in [6, 6.07) is 8.99. The van der Waals surface area contributed by atoms with Crippen molar-refractivity contribution in [1.82, 2.24) is 15.1 Å². The maximum atomic E-state index is 13.3. The Morgan fingerprint density at radius 1 is 1.17 bits per heavy atom. The largest absolute Gasteiger partial charge is 0.496 e. The number of rotatable bonds is 9. The molecule has 2 amide bonds. The Kier molecular flexibility index (Phi) is 12.2. The standard InChI is InChI=1S/C30H34FN5O3.C2H6/c1-19(2)36(18-32)28(33)20(3)7-6-8-21(4)34-29(37)26-15-24-17-35(14-13-23(24)16-27(26)39-5)30(38)22-9-11-25(31)12-10-22;1-2/h6-12,15-16,18-19,32-33H,4,13-14,17H2,1-3,5H3,(H,34,37);1-2H3/b8-6-,20-7+,32-18?,33-28?;. The molecule has 0 fully saturated rings. The van der Waals surface area contributed by atoms with E-state index in [0.29, 0.717) is 47.7 Å². The fraction of sp³-hybridized carbons (Fsp3) is 0.312. The van der Waals surface area contributed by atoms with E-state index in [4.69, 9.17) is 15.6 Å². The lowest BCUT2D eigenvalue weighted by Crippen LogP contribution is -2.36. The van der Waals surface area contributed by atoms with Gasteiger partial charge >= 0.3 is 0 Å². The van der Waals surface area contributed by atoms with Gasteiger partial charge in [-0.05, 0) is 86.4 Å². The fourth-order valence-electron chi connectivity index (χ4n) is 4.20. The van der Waals surface area contributed by atoms with Gasteiger partial charge in [-0.3, -0.25) is 20.4 Å². The molecular weight excluding hydrogens is 521 g/mol. The lowest BCUT2D eigenvalue weighted by atomic mass is 9.95. The average Bonchev–Trinajstić information content (AvgIpc) is 2.97. The molecular formula is C32H40FN5O3. The maximum Gasteiger partial charge on any atom is 0.259 e. The second-order valence-corrected chi connectivity index (χ2v) is 9.47. The Morgan fingerprint density at radius 3 is 2.41 bits per heavy atom. The van der Waals surface area contributed by atoms with Crippen molar-refractivity contribution in [3.05, 3.63) is 101 Å². The number of hydrogen-bond donors (Lipinski definition) is 3. The third-order valence-electron chi connectivity index (χ3n) is 6.40. The van der Waals surface area contributed by atoms with Crippen LogP contribution in [0.2, 0.25) is 0 Å². The van der Waals surface area contributed by atoms with Crippen molar-refractivity contribution in [2.45, 2.75) is 53.6 Å². The number of ether oxygens (including phenoxy) is 1. The number of hydrogen-bond acceptors (Lipinski definition) is 5. The molecule has 0 saturated heterocycles. The summed E-state index contributed by atoms with van der Waals surface area (Å²) in [7, 11) is 1.50. The highest BCUT2D eigenvalue weighted by molar-refractivity contribution is 6.01. The van der Waals surface area contributed by atoms with Crippen molar-refractivity contribution < 1.29 is 18.7 Å². The molecule has 3 N–H and O–H groups in total. The number of amidine groups is 1. The van der Waals surface area contributed by atoms with Gasteiger partial charge in [0.1, 0.15) is 17.4 Å². The number of allylic oxidation sites excluding steroid dienone is 3. The van der Waals surface area contributed by atoms with Crippen LogP contribution in [0.5, 0.6) is 5.75 Å². The van der Waals surface area contributed by atoms with Crippen LogP contribution < -0.4 is 10.1 Å². The minimum absolute atomic E-state index is 0.0173. The summed E-state index contributed by atoms with van der Waals surface area (Å²) >= 11 is 0. The quantitative estimate of drug-likeness (QED) is 0.195. The first-order valence-electron chi connectivity index (χ1n) is 13.5. The second kappa shape index (κ2) is 15.3. The van der Waals surface area contributed by atoms with Crippen LogP contribution in [-0.4, -0.2) is 53.5 Å². The number of amides is 2. The number of carbonyl (C=O) groups is 2. The van der Waals surface area contributed by atoms with E-state index in [1.807, 2.05) is 33.8 Å². The van der Waals surface area contributed by atoms with Gasteiger partial charge in [-0.2, -0.15) is 0 Å². The molecule has 9 heteroatoms. The van der Waals surface area contributed by atoms with Gasteiger partial charge in [-0.1, -0.05) is 32.6 Å². The van der Waals surface area contributed by atoms with Crippen molar-refractivity contribution in [2.24, 2.45) is 0 Å². The molecule has 0 atom stereocenters. The highest BCUT2D eigenvalue weighted by atomic mass is 19.1. The number of nitrogens with one attached hydrogen (secondary N) is 3. The SMILES string of the molecule is C=C(/C=C\C=C(/C)C(=N)N(C=N)C(C)C)NC(=O)c1cc2c(cc1OC)CCN(C(=O)c1ccc(F)cc1)C2.CC. The van der Waals surface area contributed by atoms with Gasteiger partial charge < -0.3 is 19.9 Å². The van der Waals surface area contributed by atoms with Crippen LogP contribution in [0, 0.1) is 16.6 Å². The molecule has 0 aromatic heterocycles. The Labute approximate surface area is 242 Å². The summed E-state index contributed by atoms with van der Waals surface area (Å²) in [5.74, 6) is -0.374. The summed E-state index contributed by atoms with van der Waals surface area (Å²) in [5, 5.41) is 18.5. The molecule has 8 nitrogen and oxygen atoms in total. The van der Waals surface area contributed by atoms with E-state index in [0.717, 1.165) is 17.5 Å². The lowest BCUT2D eigenvalue weighted by Gasteiger charge is -2.30. The molecule has 0 bridgehead atoms. The summed E-state index contributed by atoms with van der Waals surface area (Å²) in [4.78, 5) is 29.3. The van der Waals surface area contributed by atoms with Crippen LogP contribution in [0.15, 0.2) is 72.5 Å². The molecule has 41 heavy (non-hydrogen) atoms. The van der Waals surface area contributed by atoms with Gasteiger partial charge in [0.15, 0.2) is 0 Å². The van der Waals surface area contributed by atoms with Gasteiger partial charge in [-0.25, -0.2) is 4.39 Å². The topological polar surface area (TPSA) is 110 Å². The number of methoxy groups -OCH3 is 1. The lowest BCUT2D eigenvalue weighted by molar-refractivity contribution is 0.0734. The molecule has 1 aliphatic rings. The molecule has 0 spiro atoms. The number of benzene rings is 2. The van der Waals surface area contributed by atoms with Gasteiger partial charge in [0, 0.05) is 30.4 Å². The molecule has 3 rings (SSSR count). The number of halogens is 1. The van der Waals surface area contributed by atoms with Crippen LogP contribution in [0.4, 0.5) is 4.39 Å². The summed E-state index contributed by atoms with van der Waals surface area (Å²) in [6.45, 7) is 14.3. The van der Waals surface area contributed by atoms with Crippen LogP contribution in [0.25, 0.3) is 0 Å². The molecule has 1 heterocycles. The molecule has 0 aliphatic carbocycles. The summed E-state index contributed by atoms with van der Waals surface area (Å²) in [5.41, 5.74) is 3.54. The molecule has 2 aromatic rings. The van der Waals surface area contributed by atoms with E-state index in [2.05, 4.69) is 11.9 Å². The van der Waals surface area contributed by atoms with Crippen LogP contribution in [-0.2, 0) is 13.0 Å². The highest BCUT2D eigenvalue weighted by Gasteiger charge is 2.25. The van der Waals surface area contributed by atoms with E-state index >= 15 is 0 Å². The van der Waals surface area contributed by atoms with Crippen molar-refractivity contribution >= 4 is 24.0 Å². The molecule has 0 unspecified atom stereocenters. The van der Waals surface area contributed by atoms with Gasteiger partial charge in [0.2, 0.25) is 0 Å². The van der Waals surface area contributed by atoms with E-state index in [1.165, 1.54) is 36.3 Å². The van der Waals surface area contributed by atoms with E-state index < -0.39 is 11.7 Å². The monoisotopic (exact) mass is 561 g/mol. The predicted octanol–water partition coefficient (Wildman–Crippen LogP) is 6.10. The van der Waals surface area contributed by atoms with Crippen LogP contribution in [0.3, 0.4) is 0 Å². The third-order valence-corrected chi connectivity index (χ3v) is 6.40. The maximum absolute atomic E-state index is 13.3.